The maximum absolute atomic E-state index is 12.2. The van der Waals surface area contributed by atoms with Crippen LogP contribution in [0.4, 0.5) is 16.4 Å². The Kier molecular flexibility index (Phi) is 5.36. The van der Waals surface area contributed by atoms with Crippen LogP contribution < -0.4 is 16.0 Å². The second-order valence-corrected chi connectivity index (χ2v) is 6.69. The largest absolute Gasteiger partial charge is 0.368 e. The van der Waals surface area contributed by atoms with Crippen molar-refractivity contribution in [3.05, 3.63) is 48.2 Å². The Morgan fingerprint density at radius 2 is 1.96 bits per heavy atom. The number of nitrogens with one attached hydrogen (secondary N) is 4. The molecular formula is C19H24N6O. The molecule has 0 aliphatic rings. The van der Waals surface area contributed by atoms with Crippen molar-refractivity contribution >= 4 is 28.6 Å². The molecule has 4 N–H and O–H groups in total. The summed E-state index contributed by atoms with van der Waals surface area (Å²) in [7, 11) is 0. The molecule has 26 heavy (non-hydrogen) atoms. The van der Waals surface area contributed by atoms with Crippen molar-refractivity contribution in [2.75, 3.05) is 17.2 Å². The van der Waals surface area contributed by atoms with Gasteiger partial charge in [-0.3, -0.25) is 10.4 Å². The Hall–Kier alpha value is -3.09. The minimum absolute atomic E-state index is 0.0982. The van der Waals surface area contributed by atoms with Crippen LogP contribution in [0.25, 0.3) is 10.9 Å². The second-order valence-electron chi connectivity index (χ2n) is 6.69. The van der Waals surface area contributed by atoms with E-state index < -0.39 is 0 Å². The fourth-order valence-electron chi connectivity index (χ4n) is 2.59. The summed E-state index contributed by atoms with van der Waals surface area (Å²) in [5.74, 6) is 1.76. The van der Waals surface area contributed by atoms with Crippen LogP contribution in [0, 0.1) is 5.92 Å². The predicted octanol–water partition coefficient (Wildman–Crippen LogP) is 3.91. The van der Waals surface area contributed by atoms with Crippen LogP contribution in [-0.2, 0) is 0 Å². The first-order chi connectivity index (χ1) is 12.5. The van der Waals surface area contributed by atoms with Crippen molar-refractivity contribution in [2.24, 2.45) is 5.92 Å². The summed E-state index contributed by atoms with van der Waals surface area (Å²) in [6, 6.07) is 11.2. The molecule has 0 fully saturated rings. The molecular weight excluding hydrogens is 328 g/mol. The molecule has 3 aromatic rings. The summed E-state index contributed by atoms with van der Waals surface area (Å²) in [6.07, 6.45) is 1.71. The molecule has 0 aliphatic carbocycles. The van der Waals surface area contributed by atoms with Crippen LogP contribution in [0.1, 0.15) is 32.4 Å². The fourth-order valence-corrected chi connectivity index (χ4v) is 2.59. The number of urea groups is 1. The quantitative estimate of drug-likeness (QED) is 0.541. The molecule has 7 nitrogen and oxygen atoms in total. The van der Waals surface area contributed by atoms with E-state index in [0.29, 0.717) is 11.7 Å². The number of aromatic amines is 1. The lowest BCUT2D eigenvalue weighted by Gasteiger charge is -2.14. The highest BCUT2D eigenvalue weighted by atomic mass is 16.2. The zero-order chi connectivity index (χ0) is 18.5. The maximum atomic E-state index is 12.2. The van der Waals surface area contributed by atoms with Crippen molar-refractivity contribution in [3.8, 4) is 0 Å². The van der Waals surface area contributed by atoms with E-state index >= 15 is 0 Å². The average Bonchev–Trinajstić information content (AvgIpc) is 3.02. The van der Waals surface area contributed by atoms with Gasteiger partial charge in [-0.15, -0.1) is 0 Å². The second kappa shape index (κ2) is 7.86. The van der Waals surface area contributed by atoms with E-state index in [-0.39, 0.29) is 12.1 Å². The van der Waals surface area contributed by atoms with Gasteiger partial charge < -0.3 is 10.6 Å². The first-order valence-electron chi connectivity index (χ1n) is 8.73. The Labute approximate surface area is 152 Å². The normalized spacial score (nSPS) is 12.2. The number of amides is 2. The van der Waals surface area contributed by atoms with Gasteiger partial charge in [-0.25, -0.2) is 9.78 Å². The third kappa shape index (κ3) is 4.30. The van der Waals surface area contributed by atoms with E-state index in [2.05, 4.69) is 45.0 Å². The van der Waals surface area contributed by atoms with Crippen LogP contribution in [0.2, 0.25) is 0 Å². The summed E-state index contributed by atoms with van der Waals surface area (Å²) >= 11 is 0. The summed E-state index contributed by atoms with van der Waals surface area (Å²) < 4.78 is 0. The number of fused-ring (bicyclic) bond motifs is 1. The number of carbonyl (C=O) groups is 1. The summed E-state index contributed by atoms with van der Waals surface area (Å²) in [4.78, 5) is 16.5. The lowest BCUT2D eigenvalue weighted by Crippen LogP contribution is -2.31. The van der Waals surface area contributed by atoms with Gasteiger partial charge in [0.05, 0.1) is 16.9 Å². The number of nitrogens with zero attached hydrogens (tertiary/aromatic N) is 2. The Bertz CT molecular complexity index is 874. The highest BCUT2D eigenvalue weighted by Crippen LogP contribution is 2.22. The maximum Gasteiger partial charge on any atom is 0.320 e. The number of benzene rings is 1. The van der Waals surface area contributed by atoms with E-state index in [4.69, 9.17) is 0 Å². The SMILES string of the molecule is CC(C)CNc1n[nH]c2cc(NC(=O)NC(C)c3ccccc3)ncc12. The molecule has 136 valence electrons. The number of H-pyrrole nitrogens is 1. The molecule has 3 rings (SSSR count). The average molecular weight is 352 g/mol. The topological polar surface area (TPSA) is 94.7 Å². The third-order valence-corrected chi connectivity index (χ3v) is 4.01. The molecule has 0 spiro atoms. The van der Waals surface area contributed by atoms with E-state index in [9.17, 15) is 4.79 Å². The molecule has 7 heteroatoms. The van der Waals surface area contributed by atoms with Gasteiger partial charge in [0.1, 0.15) is 5.82 Å². The van der Waals surface area contributed by atoms with Crippen molar-refractivity contribution in [2.45, 2.75) is 26.8 Å². The molecule has 1 aromatic carbocycles. The van der Waals surface area contributed by atoms with E-state index in [1.807, 2.05) is 37.3 Å². The number of anilines is 2. The standard InChI is InChI=1S/C19H24N6O/c1-12(2)10-21-18-15-11-20-17(9-16(15)24-25-18)23-19(26)22-13(3)14-7-5-4-6-8-14/h4-9,11-13H,10H2,1-3H3,(H2,21,24,25)(H2,20,22,23,26). The number of hydrogen-bond donors (Lipinski definition) is 4. The molecule has 0 bridgehead atoms. The van der Waals surface area contributed by atoms with Crippen molar-refractivity contribution in [1.29, 1.82) is 0 Å². The van der Waals surface area contributed by atoms with Crippen LogP contribution >= 0.6 is 0 Å². The van der Waals surface area contributed by atoms with Gasteiger partial charge in [0.2, 0.25) is 0 Å². The molecule has 2 heterocycles. The van der Waals surface area contributed by atoms with Gasteiger partial charge in [0.25, 0.3) is 0 Å². The lowest BCUT2D eigenvalue weighted by molar-refractivity contribution is 0.249. The van der Waals surface area contributed by atoms with Crippen LogP contribution in [0.5, 0.6) is 0 Å². The van der Waals surface area contributed by atoms with Gasteiger partial charge in [0.15, 0.2) is 5.82 Å². The van der Waals surface area contributed by atoms with Crippen molar-refractivity contribution in [3.63, 3.8) is 0 Å². The molecule has 0 aliphatic heterocycles. The van der Waals surface area contributed by atoms with Gasteiger partial charge in [0, 0.05) is 18.8 Å². The van der Waals surface area contributed by atoms with Gasteiger partial charge >= 0.3 is 6.03 Å². The Balaban J connectivity index is 1.64. The summed E-state index contributed by atoms with van der Waals surface area (Å²) in [6.45, 7) is 7.04. The highest BCUT2D eigenvalue weighted by Gasteiger charge is 2.12. The molecule has 0 saturated carbocycles. The number of aromatic nitrogens is 3. The highest BCUT2D eigenvalue weighted by molar-refractivity contribution is 5.94. The molecule has 1 unspecified atom stereocenters. The molecule has 0 saturated heterocycles. The number of rotatable bonds is 6. The molecule has 1 atom stereocenters. The molecule has 2 aromatic heterocycles. The zero-order valence-corrected chi connectivity index (χ0v) is 15.2. The van der Waals surface area contributed by atoms with E-state index in [1.54, 1.807) is 12.3 Å². The zero-order valence-electron chi connectivity index (χ0n) is 15.2. The number of hydrogen-bond acceptors (Lipinski definition) is 4. The smallest absolute Gasteiger partial charge is 0.320 e. The minimum atomic E-state index is -0.300. The van der Waals surface area contributed by atoms with Crippen LogP contribution in [0.3, 0.4) is 0 Å². The first-order valence-corrected chi connectivity index (χ1v) is 8.73. The molecule has 2 amide bonds. The fraction of sp³-hybridized carbons (Fsp3) is 0.316. The molecule has 0 radical (unpaired) electrons. The van der Waals surface area contributed by atoms with Gasteiger partial charge in [-0.1, -0.05) is 44.2 Å². The lowest BCUT2D eigenvalue weighted by atomic mass is 10.1. The van der Waals surface area contributed by atoms with Gasteiger partial charge in [-0.05, 0) is 18.4 Å². The number of pyridine rings is 1. The Morgan fingerprint density at radius 1 is 1.19 bits per heavy atom. The van der Waals surface area contributed by atoms with Crippen molar-refractivity contribution < 1.29 is 4.79 Å². The van der Waals surface area contributed by atoms with Crippen LogP contribution in [-0.4, -0.2) is 27.8 Å². The van der Waals surface area contributed by atoms with E-state index in [1.165, 1.54) is 0 Å². The monoisotopic (exact) mass is 352 g/mol. The van der Waals surface area contributed by atoms with Gasteiger partial charge in [-0.2, -0.15) is 5.10 Å². The summed E-state index contributed by atoms with van der Waals surface area (Å²) in [5, 5.41) is 17.1. The van der Waals surface area contributed by atoms with Crippen LogP contribution in [0.15, 0.2) is 42.6 Å². The van der Waals surface area contributed by atoms with Crippen molar-refractivity contribution in [1.82, 2.24) is 20.5 Å². The van der Waals surface area contributed by atoms with E-state index in [0.717, 1.165) is 28.8 Å². The third-order valence-electron chi connectivity index (χ3n) is 4.01. The first kappa shape index (κ1) is 17.7. The summed E-state index contributed by atoms with van der Waals surface area (Å²) in [5.41, 5.74) is 1.86. The Morgan fingerprint density at radius 3 is 2.69 bits per heavy atom. The minimum Gasteiger partial charge on any atom is -0.368 e. The predicted molar refractivity (Wildman–Crippen MR) is 104 cm³/mol. The number of carbonyl (C=O) groups excluding carboxylic acids is 1.